The van der Waals surface area contributed by atoms with Gasteiger partial charge in [-0.25, -0.2) is 4.68 Å². The highest BCUT2D eigenvalue weighted by Crippen LogP contribution is 2.17. The minimum absolute atomic E-state index is 0.205. The fourth-order valence-corrected chi connectivity index (χ4v) is 2.58. The molecule has 2 aromatic rings. The molecule has 4 heteroatoms. The maximum Gasteiger partial charge on any atom is 0.0645 e. The van der Waals surface area contributed by atoms with E-state index in [2.05, 4.69) is 10.4 Å². The van der Waals surface area contributed by atoms with E-state index in [0.717, 1.165) is 37.3 Å². The standard InChI is InChI=1S/C15H19N3O/c19-15-6-8-16-11-12(15)10-13-7-9-18(17-13)14-4-2-1-3-5-14/h1-5,7,9,12,15-16,19H,6,8,10-11H2. The third kappa shape index (κ3) is 2.85. The van der Waals surface area contributed by atoms with Gasteiger partial charge in [0.05, 0.1) is 17.5 Å². The Labute approximate surface area is 113 Å². The molecule has 0 aliphatic carbocycles. The van der Waals surface area contributed by atoms with E-state index in [1.165, 1.54) is 0 Å². The Kier molecular flexibility index (Phi) is 3.62. The van der Waals surface area contributed by atoms with Crippen molar-refractivity contribution < 1.29 is 5.11 Å². The minimum Gasteiger partial charge on any atom is -0.393 e. The highest BCUT2D eigenvalue weighted by Gasteiger charge is 2.23. The lowest BCUT2D eigenvalue weighted by atomic mass is 9.92. The van der Waals surface area contributed by atoms with Crippen LogP contribution in [0.15, 0.2) is 42.6 Å². The number of nitrogens with zero attached hydrogens (tertiary/aromatic N) is 2. The van der Waals surface area contributed by atoms with Crippen LogP contribution < -0.4 is 5.32 Å². The summed E-state index contributed by atoms with van der Waals surface area (Å²) in [5.74, 6) is 0.271. The molecule has 2 heterocycles. The topological polar surface area (TPSA) is 50.1 Å². The Hall–Kier alpha value is -1.65. The van der Waals surface area contributed by atoms with Crippen molar-refractivity contribution in [3.63, 3.8) is 0 Å². The predicted octanol–water partition coefficient (Wildman–Crippen LogP) is 1.39. The minimum atomic E-state index is -0.205. The molecule has 2 unspecified atom stereocenters. The molecule has 19 heavy (non-hydrogen) atoms. The van der Waals surface area contributed by atoms with Crippen LogP contribution in [0.1, 0.15) is 12.1 Å². The quantitative estimate of drug-likeness (QED) is 0.873. The maximum atomic E-state index is 9.98. The van der Waals surface area contributed by atoms with Crippen LogP contribution in [0.4, 0.5) is 0 Å². The van der Waals surface area contributed by atoms with Gasteiger partial charge in [-0.2, -0.15) is 5.10 Å². The molecule has 0 spiro atoms. The first-order chi connectivity index (χ1) is 9.33. The second kappa shape index (κ2) is 5.55. The van der Waals surface area contributed by atoms with Crippen molar-refractivity contribution in [2.45, 2.75) is 18.9 Å². The lowest BCUT2D eigenvalue weighted by molar-refractivity contribution is 0.0786. The lowest BCUT2D eigenvalue weighted by Crippen LogP contribution is -2.40. The van der Waals surface area contributed by atoms with Gasteiger partial charge in [-0.1, -0.05) is 18.2 Å². The highest BCUT2D eigenvalue weighted by atomic mass is 16.3. The second-order valence-electron chi connectivity index (χ2n) is 5.11. The maximum absolute atomic E-state index is 9.98. The Morgan fingerprint density at radius 3 is 2.89 bits per heavy atom. The first-order valence-corrected chi connectivity index (χ1v) is 6.82. The molecule has 0 bridgehead atoms. The van der Waals surface area contributed by atoms with Gasteiger partial charge in [0.15, 0.2) is 0 Å². The fourth-order valence-electron chi connectivity index (χ4n) is 2.58. The second-order valence-corrected chi connectivity index (χ2v) is 5.11. The summed E-state index contributed by atoms with van der Waals surface area (Å²) in [6.45, 7) is 1.79. The first-order valence-electron chi connectivity index (χ1n) is 6.82. The molecule has 1 aliphatic rings. The highest BCUT2D eigenvalue weighted by molar-refractivity contribution is 5.30. The molecule has 0 amide bonds. The third-order valence-electron chi connectivity index (χ3n) is 3.70. The van der Waals surface area contributed by atoms with E-state index in [-0.39, 0.29) is 12.0 Å². The number of nitrogens with one attached hydrogen (secondary N) is 1. The summed E-state index contributed by atoms with van der Waals surface area (Å²) >= 11 is 0. The van der Waals surface area contributed by atoms with Crippen molar-refractivity contribution in [1.29, 1.82) is 0 Å². The number of hydrogen-bond acceptors (Lipinski definition) is 3. The van der Waals surface area contributed by atoms with Crippen LogP contribution in [0.2, 0.25) is 0 Å². The Morgan fingerprint density at radius 1 is 1.26 bits per heavy atom. The van der Waals surface area contributed by atoms with Crippen LogP contribution >= 0.6 is 0 Å². The Balaban J connectivity index is 1.71. The van der Waals surface area contributed by atoms with Crippen molar-refractivity contribution in [2.75, 3.05) is 13.1 Å². The van der Waals surface area contributed by atoms with E-state index in [4.69, 9.17) is 0 Å². The van der Waals surface area contributed by atoms with Crippen LogP contribution in [0.5, 0.6) is 0 Å². The average Bonchev–Trinajstić information content (AvgIpc) is 2.91. The van der Waals surface area contributed by atoms with Crippen molar-refractivity contribution in [1.82, 2.24) is 15.1 Å². The number of para-hydroxylation sites is 1. The Morgan fingerprint density at radius 2 is 2.11 bits per heavy atom. The van der Waals surface area contributed by atoms with Gasteiger partial charge in [0.2, 0.25) is 0 Å². The van der Waals surface area contributed by atoms with Crippen molar-refractivity contribution in [2.24, 2.45) is 5.92 Å². The summed E-state index contributed by atoms with van der Waals surface area (Å²) in [6, 6.07) is 12.1. The Bertz CT molecular complexity index is 523. The first kappa shape index (κ1) is 12.4. The van der Waals surface area contributed by atoms with Gasteiger partial charge in [-0.05, 0) is 37.6 Å². The van der Waals surface area contributed by atoms with Gasteiger partial charge in [-0.15, -0.1) is 0 Å². The summed E-state index contributed by atoms with van der Waals surface area (Å²) in [4.78, 5) is 0. The zero-order chi connectivity index (χ0) is 13.1. The third-order valence-corrected chi connectivity index (χ3v) is 3.70. The lowest BCUT2D eigenvalue weighted by Gasteiger charge is -2.27. The van der Waals surface area contributed by atoms with Gasteiger partial charge in [0.25, 0.3) is 0 Å². The van der Waals surface area contributed by atoms with Crippen LogP contribution in [0, 0.1) is 5.92 Å². The molecule has 1 aliphatic heterocycles. The van der Waals surface area contributed by atoms with Crippen LogP contribution in [-0.4, -0.2) is 34.1 Å². The monoisotopic (exact) mass is 257 g/mol. The van der Waals surface area contributed by atoms with Gasteiger partial charge in [0.1, 0.15) is 0 Å². The van der Waals surface area contributed by atoms with Gasteiger partial charge < -0.3 is 10.4 Å². The normalized spacial score (nSPS) is 23.4. The molecule has 1 aromatic carbocycles. The number of aliphatic hydroxyl groups excluding tert-OH is 1. The van der Waals surface area contributed by atoms with E-state index in [9.17, 15) is 5.11 Å². The van der Waals surface area contributed by atoms with E-state index in [1.54, 1.807) is 0 Å². The van der Waals surface area contributed by atoms with E-state index in [1.807, 2.05) is 47.3 Å². The number of aromatic nitrogens is 2. The van der Waals surface area contributed by atoms with E-state index >= 15 is 0 Å². The number of benzene rings is 1. The molecule has 3 rings (SSSR count). The van der Waals surface area contributed by atoms with Gasteiger partial charge >= 0.3 is 0 Å². The molecule has 2 N–H and O–H groups in total. The van der Waals surface area contributed by atoms with Crippen LogP contribution in [0.3, 0.4) is 0 Å². The average molecular weight is 257 g/mol. The molecule has 0 radical (unpaired) electrons. The molecule has 1 aromatic heterocycles. The van der Waals surface area contributed by atoms with Gasteiger partial charge in [0, 0.05) is 18.7 Å². The van der Waals surface area contributed by atoms with E-state index in [0.29, 0.717) is 0 Å². The summed E-state index contributed by atoms with van der Waals surface area (Å²) < 4.78 is 1.89. The molecule has 0 saturated carbocycles. The number of piperidine rings is 1. The van der Waals surface area contributed by atoms with E-state index < -0.39 is 0 Å². The molecule has 1 fully saturated rings. The molecule has 1 saturated heterocycles. The van der Waals surface area contributed by atoms with Crippen molar-refractivity contribution in [3.05, 3.63) is 48.3 Å². The molecular weight excluding hydrogens is 238 g/mol. The number of rotatable bonds is 3. The SMILES string of the molecule is OC1CCNCC1Cc1ccn(-c2ccccc2)n1. The zero-order valence-electron chi connectivity index (χ0n) is 10.9. The summed E-state index contributed by atoms with van der Waals surface area (Å²) in [6.07, 6.45) is 3.44. The predicted molar refractivity (Wildman–Crippen MR) is 74.3 cm³/mol. The molecule has 4 nitrogen and oxygen atoms in total. The van der Waals surface area contributed by atoms with Crippen LogP contribution in [-0.2, 0) is 6.42 Å². The van der Waals surface area contributed by atoms with Gasteiger partial charge in [-0.3, -0.25) is 0 Å². The number of aliphatic hydroxyl groups is 1. The zero-order valence-corrected chi connectivity index (χ0v) is 10.9. The van der Waals surface area contributed by atoms with Crippen molar-refractivity contribution >= 4 is 0 Å². The largest absolute Gasteiger partial charge is 0.393 e. The summed E-state index contributed by atoms with van der Waals surface area (Å²) in [5.41, 5.74) is 2.10. The molecule has 100 valence electrons. The molecule has 2 atom stereocenters. The summed E-state index contributed by atoms with van der Waals surface area (Å²) in [5, 5.41) is 17.9. The van der Waals surface area contributed by atoms with Crippen LogP contribution in [0.25, 0.3) is 5.69 Å². The molecular formula is C15H19N3O. The number of hydrogen-bond donors (Lipinski definition) is 2. The smallest absolute Gasteiger partial charge is 0.0645 e. The van der Waals surface area contributed by atoms with Crippen molar-refractivity contribution in [3.8, 4) is 5.69 Å². The summed E-state index contributed by atoms with van der Waals surface area (Å²) in [7, 11) is 0. The fraction of sp³-hybridized carbons (Fsp3) is 0.400.